The molecule has 0 saturated heterocycles. The third-order valence-electron chi connectivity index (χ3n) is 6.24. The van der Waals surface area contributed by atoms with Crippen molar-refractivity contribution in [2.24, 2.45) is 5.73 Å². The lowest BCUT2D eigenvalue weighted by Crippen LogP contribution is -2.34. The van der Waals surface area contributed by atoms with Crippen LogP contribution in [0, 0.1) is 5.41 Å². The highest BCUT2D eigenvalue weighted by atomic mass is 35.5. The summed E-state index contributed by atoms with van der Waals surface area (Å²) in [5, 5.41) is 14.9. The minimum absolute atomic E-state index is 0.0147. The van der Waals surface area contributed by atoms with E-state index in [9.17, 15) is 22.8 Å². The Bertz CT molecular complexity index is 1600. The standard InChI is InChI=1S/C30H26ClF3N6O3/c31-22-11-9-20(10-12-22)26(36)23(19-6-2-1-3-7-19)14-37-27-24(28(42)38-16-25(35)41)15-39-29(40-27)43-17-18-5-4-8-21(13-18)30(32,33)34/h1-13,15,23,36H,14,16-17H2,(H2,35,41)(H,38,42)(H,37,39,40). The number of carbonyl (C=O) groups is 2. The molecule has 13 heteroatoms. The second-order valence-corrected chi connectivity index (χ2v) is 9.75. The predicted molar refractivity (Wildman–Crippen MR) is 155 cm³/mol. The van der Waals surface area contributed by atoms with Gasteiger partial charge in [0, 0.05) is 29.4 Å². The van der Waals surface area contributed by atoms with Crippen LogP contribution in [0.25, 0.3) is 0 Å². The second kappa shape index (κ2) is 13.8. The maximum Gasteiger partial charge on any atom is 0.416 e. The first-order valence-corrected chi connectivity index (χ1v) is 13.2. The van der Waals surface area contributed by atoms with E-state index in [4.69, 9.17) is 27.5 Å². The van der Waals surface area contributed by atoms with Gasteiger partial charge in [-0.2, -0.15) is 18.2 Å². The average Bonchev–Trinajstić information content (AvgIpc) is 2.99. The van der Waals surface area contributed by atoms with Crippen LogP contribution < -0.4 is 21.1 Å². The second-order valence-electron chi connectivity index (χ2n) is 9.32. The Morgan fingerprint density at radius 2 is 1.74 bits per heavy atom. The summed E-state index contributed by atoms with van der Waals surface area (Å²) in [6, 6.07) is 20.5. The van der Waals surface area contributed by atoms with Crippen molar-refractivity contribution in [2.75, 3.05) is 18.4 Å². The summed E-state index contributed by atoms with van der Waals surface area (Å²) < 4.78 is 44.9. The number of nitrogens with one attached hydrogen (secondary N) is 3. The summed E-state index contributed by atoms with van der Waals surface area (Å²) in [6.45, 7) is -0.601. The molecule has 1 heterocycles. The fraction of sp³-hybridized carbons (Fsp3) is 0.167. The fourth-order valence-corrected chi connectivity index (χ4v) is 4.21. The predicted octanol–water partition coefficient (Wildman–Crippen LogP) is 5.21. The smallest absolute Gasteiger partial charge is 0.416 e. The molecule has 9 nitrogen and oxygen atoms in total. The normalized spacial score (nSPS) is 11.8. The zero-order valence-electron chi connectivity index (χ0n) is 22.5. The summed E-state index contributed by atoms with van der Waals surface area (Å²) in [5.74, 6) is -1.95. The van der Waals surface area contributed by atoms with Gasteiger partial charge in [0.15, 0.2) is 0 Å². The van der Waals surface area contributed by atoms with Gasteiger partial charge in [0.05, 0.1) is 12.1 Å². The number of hydrogen-bond donors (Lipinski definition) is 4. The van der Waals surface area contributed by atoms with Gasteiger partial charge in [-0.15, -0.1) is 0 Å². The molecule has 0 aliphatic carbocycles. The van der Waals surface area contributed by atoms with Gasteiger partial charge < -0.3 is 26.5 Å². The van der Waals surface area contributed by atoms with Crippen LogP contribution in [0.3, 0.4) is 0 Å². The Kier molecular flexibility index (Phi) is 9.94. The Hall–Kier alpha value is -4.97. The number of ether oxygens (including phenoxy) is 1. The summed E-state index contributed by atoms with van der Waals surface area (Å²) in [6.07, 6.45) is -3.35. The monoisotopic (exact) mass is 610 g/mol. The Labute approximate surface area is 249 Å². The average molecular weight is 611 g/mol. The first-order valence-electron chi connectivity index (χ1n) is 12.9. The minimum Gasteiger partial charge on any atom is -0.459 e. The van der Waals surface area contributed by atoms with Crippen molar-refractivity contribution >= 4 is 34.9 Å². The van der Waals surface area contributed by atoms with Crippen molar-refractivity contribution in [3.05, 3.63) is 118 Å². The van der Waals surface area contributed by atoms with E-state index in [1.807, 2.05) is 30.3 Å². The number of hydrogen-bond acceptors (Lipinski definition) is 7. The quantitative estimate of drug-likeness (QED) is 0.162. The van der Waals surface area contributed by atoms with E-state index in [1.54, 1.807) is 24.3 Å². The molecule has 222 valence electrons. The Morgan fingerprint density at radius 1 is 1.02 bits per heavy atom. The molecule has 0 fully saturated rings. The number of alkyl halides is 3. The van der Waals surface area contributed by atoms with Crippen LogP contribution in [0.5, 0.6) is 6.01 Å². The molecule has 5 N–H and O–H groups in total. The maximum atomic E-state index is 13.1. The van der Waals surface area contributed by atoms with Crippen molar-refractivity contribution in [2.45, 2.75) is 18.7 Å². The molecule has 4 aromatic rings. The Morgan fingerprint density at radius 3 is 2.42 bits per heavy atom. The van der Waals surface area contributed by atoms with Crippen molar-refractivity contribution in [1.29, 1.82) is 5.41 Å². The van der Waals surface area contributed by atoms with Gasteiger partial charge in [-0.3, -0.25) is 9.59 Å². The SMILES string of the molecule is N=C(c1ccc(Cl)cc1)C(CNc1nc(OCc2cccc(C(F)(F)F)c2)ncc1C(=O)NCC(N)=O)c1ccccc1. The van der Waals surface area contributed by atoms with E-state index >= 15 is 0 Å². The van der Waals surface area contributed by atoms with Gasteiger partial charge in [-0.1, -0.05) is 66.2 Å². The Balaban J connectivity index is 1.61. The molecule has 0 radical (unpaired) electrons. The topological polar surface area (TPSA) is 143 Å². The molecule has 0 aliphatic heterocycles. The van der Waals surface area contributed by atoms with E-state index in [0.29, 0.717) is 10.6 Å². The maximum absolute atomic E-state index is 13.1. The van der Waals surface area contributed by atoms with Gasteiger partial charge in [-0.25, -0.2) is 4.98 Å². The molecule has 0 aliphatic rings. The lowest BCUT2D eigenvalue weighted by Gasteiger charge is -2.21. The highest BCUT2D eigenvalue weighted by Gasteiger charge is 2.30. The summed E-state index contributed by atoms with van der Waals surface area (Å²) in [5.41, 5.74) is 6.23. The number of carbonyl (C=O) groups excluding carboxylic acids is 2. The van der Waals surface area contributed by atoms with E-state index in [0.717, 1.165) is 23.9 Å². The minimum atomic E-state index is -4.52. The zero-order valence-corrected chi connectivity index (χ0v) is 23.2. The molecule has 2 amide bonds. The zero-order chi connectivity index (χ0) is 31.0. The molecular weight excluding hydrogens is 585 g/mol. The number of primary amides is 1. The van der Waals surface area contributed by atoms with E-state index < -0.39 is 36.0 Å². The van der Waals surface area contributed by atoms with Crippen LogP contribution in [0.15, 0.2) is 85.1 Å². The van der Waals surface area contributed by atoms with Gasteiger partial charge in [0.2, 0.25) is 5.91 Å². The molecule has 1 unspecified atom stereocenters. The molecule has 0 saturated carbocycles. The van der Waals surface area contributed by atoms with Crippen molar-refractivity contribution in [3.63, 3.8) is 0 Å². The van der Waals surface area contributed by atoms with Gasteiger partial charge in [0.1, 0.15) is 18.0 Å². The van der Waals surface area contributed by atoms with E-state index in [-0.39, 0.29) is 41.8 Å². The van der Waals surface area contributed by atoms with Crippen LogP contribution in [0.2, 0.25) is 5.02 Å². The molecule has 0 bridgehead atoms. The number of benzene rings is 3. The van der Waals surface area contributed by atoms with Crippen LogP contribution in [0.1, 0.15) is 38.5 Å². The molecule has 43 heavy (non-hydrogen) atoms. The number of nitrogens with two attached hydrogens (primary N) is 1. The molecule has 1 aromatic heterocycles. The summed E-state index contributed by atoms with van der Waals surface area (Å²) >= 11 is 6.03. The van der Waals surface area contributed by atoms with Gasteiger partial charge in [-0.05, 0) is 41.0 Å². The summed E-state index contributed by atoms with van der Waals surface area (Å²) in [4.78, 5) is 32.4. The van der Waals surface area contributed by atoms with Gasteiger partial charge >= 0.3 is 12.2 Å². The third-order valence-corrected chi connectivity index (χ3v) is 6.49. The fourth-order valence-electron chi connectivity index (χ4n) is 4.09. The van der Waals surface area contributed by atoms with Gasteiger partial charge in [0.25, 0.3) is 5.91 Å². The van der Waals surface area contributed by atoms with Crippen LogP contribution in [-0.2, 0) is 17.6 Å². The van der Waals surface area contributed by atoms with Crippen molar-refractivity contribution in [3.8, 4) is 6.01 Å². The van der Waals surface area contributed by atoms with Crippen LogP contribution in [-0.4, -0.2) is 40.6 Å². The highest BCUT2D eigenvalue weighted by molar-refractivity contribution is 6.30. The van der Waals surface area contributed by atoms with E-state index in [1.165, 1.54) is 12.1 Å². The number of rotatable bonds is 12. The largest absolute Gasteiger partial charge is 0.459 e. The van der Waals surface area contributed by atoms with Crippen molar-refractivity contribution < 1.29 is 27.5 Å². The lowest BCUT2D eigenvalue weighted by atomic mass is 9.90. The van der Waals surface area contributed by atoms with Crippen molar-refractivity contribution in [1.82, 2.24) is 15.3 Å². The number of nitrogens with zero attached hydrogens (tertiary/aromatic N) is 2. The molecule has 3 aromatic carbocycles. The number of halogens is 4. The first-order chi connectivity index (χ1) is 20.5. The number of aromatic nitrogens is 2. The lowest BCUT2D eigenvalue weighted by molar-refractivity contribution is -0.137. The third kappa shape index (κ3) is 8.52. The first kappa shape index (κ1) is 31.0. The molecular formula is C30H26ClF3N6O3. The number of amides is 2. The van der Waals surface area contributed by atoms with Crippen LogP contribution >= 0.6 is 11.6 Å². The molecule has 1 atom stereocenters. The molecule has 0 spiro atoms. The van der Waals surface area contributed by atoms with Crippen LogP contribution in [0.4, 0.5) is 19.0 Å². The summed E-state index contributed by atoms with van der Waals surface area (Å²) in [7, 11) is 0. The van der Waals surface area contributed by atoms with E-state index in [2.05, 4.69) is 20.6 Å². The number of anilines is 1. The highest BCUT2D eigenvalue weighted by Crippen LogP contribution is 2.30. The molecule has 4 rings (SSSR count).